The first-order chi connectivity index (χ1) is 14.9. The molecular formula is C26H36N2O3. The van der Waals surface area contributed by atoms with Gasteiger partial charge in [0.15, 0.2) is 0 Å². The van der Waals surface area contributed by atoms with E-state index < -0.39 is 6.04 Å². The molecule has 5 nitrogen and oxygen atoms in total. The summed E-state index contributed by atoms with van der Waals surface area (Å²) in [7, 11) is 1.63. The Kier molecular flexibility index (Phi) is 9.57. The van der Waals surface area contributed by atoms with Gasteiger partial charge in [0.1, 0.15) is 11.8 Å². The highest BCUT2D eigenvalue weighted by Crippen LogP contribution is 2.18. The lowest BCUT2D eigenvalue weighted by molar-refractivity contribution is -0.141. The van der Waals surface area contributed by atoms with Crippen molar-refractivity contribution in [1.29, 1.82) is 0 Å². The van der Waals surface area contributed by atoms with E-state index in [2.05, 4.69) is 29.6 Å². The van der Waals surface area contributed by atoms with E-state index in [9.17, 15) is 9.59 Å². The van der Waals surface area contributed by atoms with Crippen LogP contribution in [0.25, 0.3) is 0 Å². The number of benzene rings is 2. The highest BCUT2D eigenvalue weighted by Gasteiger charge is 2.29. The molecule has 0 saturated heterocycles. The van der Waals surface area contributed by atoms with E-state index in [1.165, 1.54) is 5.56 Å². The fourth-order valence-corrected chi connectivity index (χ4v) is 3.44. The molecule has 2 amide bonds. The minimum Gasteiger partial charge on any atom is -0.497 e. The van der Waals surface area contributed by atoms with Crippen LogP contribution in [0.2, 0.25) is 0 Å². The van der Waals surface area contributed by atoms with Crippen molar-refractivity contribution in [2.24, 2.45) is 0 Å². The number of amides is 2. The van der Waals surface area contributed by atoms with Crippen molar-refractivity contribution in [1.82, 2.24) is 10.2 Å². The number of nitrogens with zero attached hydrogens (tertiary/aromatic N) is 1. The Hall–Kier alpha value is -2.82. The molecule has 0 saturated carbocycles. The zero-order chi connectivity index (χ0) is 22.8. The second-order valence-corrected chi connectivity index (χ2v) is 8.10. The summed E-state index contributed by atoms with van der Waals surface area (Å²) in [5, 5.41) is 3.05. The van der Waals surface area contributed by atoms with Crippen LogP contribution < -0.4 is 10.1 Å². The van der Waals surface area contributed by atoms with Crippen molar-refractivity contribution < 1.29 is 14.3 Å². The van der Waals surface area contributed by atoms with Gasteiger partial charge < -0.3 is 15.0 Å². The Balaban J connectivity index is 2.20. The maximum absolute atomic E-state index is 13.3. The lowest BCUT2D eigenvalue weighted by Crippen LogP contribution is -2.50. The zero-order valence-electron chi connectivity index (χ0n) is 19.5. The van der Waals surface area contributed by atoms with Crippen molar-refractivity contribution >= 4 is 11.8 Å². The van der Waals surface area contributed by atoms with Crippen LogP contribution in [-0.2, 0) is 22.6 Å². The van der Waals surface area contributed by atoms with Gasteiger partial charge in [-0.2, -0.15) is 0 Å². The monoisotopic (exact) mass is 424 g/mol. The summed E-state index contributed by atoms with van der Waals surface area (Å²) in [6.07, 6.45) is 2.44. The van der Waals surface area contributed by atoms with Gasteiger partial charge in [-0.15, -0.1) is 0 Å². The predicted octanol–water partition coefficient (Wildman–Crippen LogP) is 4.66. The van der Waals surface area contributed by atoms with Crippen LogP contribution in [0.4, 0.5) is 0 Å². The maximum Gasteiger partial charge on any atom is 0.243 e. The van der Waals surface area contributed by atoms with Crippen LogP contribution in [0.3, 0.4) is 0 Å². The lowest BCUT2D eigenvalue weighted by atomic mass is 10.0. The number of hydrogen-bond acceptors (Lipinski definition) is 3. The van der Waals surface area contributed by atoms with Crippen molar-refractivity contribution in [3.63, 3.8) is 0 Å². The number of carbonyl (C=O) groups excluding carboxylic acids is 2. The van der Waals surface area contributed by atoms with E-state index >= 15 is 0 Å². The second-order valence-electron chi connectivity index (χ2n) is 8.10. The van der Waals surface area contributed by atoms with Gasteiger partial charge in [-0.1, -0.05) is 55.8 Å². The highest BCUT2D eigenvalue weighted by atomic mass is 16.5. The molecule has 31 heavy (non-hydrogen) atoms. The molecule has 0 aliphatic rings. The second kappa shape index (κ2) is 12.1. The first-order valence-electron chi connectivity index (χ1n) is 11.2. The number of aryl methyl sites for hydroxylation is 2. The topological polar surface area (TPSA) is 58.6 Å². The van der Waals surface area contributed by atoms with Crippen LogP contribution in [0.15, 0.2) is 48.5 Å². The summed E-state index contributed by atoms with van der Waals surface area (Å²) in [6.45, 7) is 8.41. The fourth-order valence-electron chi connectivity index (χ4n) is 3.44. The summed E-state index contributed by atoms with van der Waals surface area (Å²) < 4.78 is 5.24. The third kappa shape index (κ3) is 7.42. The standard InChI is InChI=1S/C26H36N2O3/c1-6-20(4)27-26(30)24(7-2)28(18-22-12-15-23(31-5)16-13-22)25(29)17-14-21-10-8-19(3)9-11-21/h8-13,15-16,20,24H,6-7,14,17-18H2,1-5H3,(H,27,30)/t20-,24+/m1/s1. The highest BCUT2D eigenvalue weighted by molar-refractivity contribution is 5.87. The molecule has 0 unspecified atom stereocenters. The van der Waals surface area contributed by atoms with Gasteiger partial charge in [-0.05, 0) is 56.4 Å². The Morgan fingerprint density at radius 3 is 2.13 bits per heavy atom. The molecule has 0 bridgehead atoms. The average molecular weight is 425 g/mol. The number of ether oxygens (including phenoxy) is 1. The van der Waals surface area contributed by atoms with Gasteiger partial charge in [0.05, 0.1) is 7.11 Å². The van der Waals surface area contributed by atoms with Crippen LogP contribution in [0.1, 0.15) is 56.7 Å². The van der Waals surface area contributed by atoms with E-state index in [-0.39, 0.29) is 17.9 Å². The molecule has 0 radical (unpaired) electrons. The Morgan fingerprint density at radius 1 is 0.968 bits per heavy atom. The minimum atomic E-state index is -0.499. The molecular weight excluding hydrogens is 388 g/mol. The molecule has 0 aromatic heterocycles. The molecule has 0 heterocycles. The minimum absolute atomic E-state index is 0.0115. The van der Waals surface area contributed by atoms with E-state index in [1.807, 2.05) is 52.0 Å². The van der Waals surface area contributed by atoms with Crippen LogP contribution in [-0.4, -0.2) is 35.9 Å². The van der Waals surface area contributed by atoms with E-state index in [0.29, 0.717) is 25.8 Å². The number of rotatable bonds is 11. The Morgan fingerprint density at radius 2 is 1.58 bits per heavy atom. The molecule has 0 spiro atoms. The molecule has 1 N–H and O–H groups in total. The van der Waals surface area contributed by atoms with Gasteiger partial charge in [0.2, 0.25) is 11.8 Å². The molecule has 0 aliphatic heterocycles. The third-order valence-electron chi connectivity index (χ3n) is 5.65. The number of methoxy groups -OCH3 is 1. The smallest absolute Gasteiger partial charge is 0.243 e. The van der Waals surface area contributed by atoms with Crippen LogP contribution >= 0.6 is 0 Å². The molecule has 2 atom stereocenters. The molecule has 2 rings (SSSR count). The van der Waals surface area contributed by atoms with Gasteiger partial charge in [0, 0.05) is 19.0 Å². The van der Waals surface area contributed by atoms with Crippen LogP contribution in [0, 0.1) is 6.92 Å². The normalized spacial score (nSPS) is 12.7. The maximum atomic E-state index is 13.3. The zero-order valence-corrected chi connectivity index (χ0v) is 19.5. The number of carbonyl (C=O) groups is 2. The van der Waals surface area contributed by atoms with E-state index in [0.717, 1.165) is 23.3 Å². The van der Waals surface area contributed by atoms with Crippen LogP contribution in [0.5, 0.6) is 5.75 Å². The molecule has 0 fully saturated rings. The summed E-state index contributed by atoms with van der Waals surface area (Å²) in [6, 6.07) is 15.5. The number of hydrogen-bond donors (Lipinski definition) is 1. The van der Waals surface area contributed by atoms with Gasteiger partial charge in [-0.3, -0.25) is 9.59 Å². The van der Waals surface area contributed by atoms with Gasteiger partial charge >= 0.3 is 0 Å². The summed E-state index contributed by atoms with van der Waals surface area (Å²) in [5.74, 6) is 0.666. The molecule has 2 aromatic carbocycles. The van der Waals surface area contributed by atoms with Crippen molar-refractivity contribution in [3.05, 3.63) is 65.2 Å². The van der Waals surface area contributed by atoms with E-state index in [4.69, 9.17) is 4.74 Å². The summed E-state index contributed by atoms with van der Waals surface area (Å²) in [4.78, 5) is 28.0. The van der Waals surface area contributed by atoms with E-state index in [1.54, 1.807) is 12.0 Å². The molecule has 5 heteroatoms. The quantitative estimate of drug-likeness (QED) is 0.571. The third-order valence-corrected chi connectivity index (χ3v) is 5.65. The Labute approximate surface area is 186 Å². The predicted molar refractivity (Wildman–Crippen MR) is 125 cm³/mol. The SMILES string of the molecule is CC[C@@H](C)NC(=O)[C@H](CC)N(Cc1ccc(OC)cc1)C(=O)CCc1ccc(C)cc1. The van der Waals surface area contributed by atoms with Crippen molar-refractivity contribution in [3.8, 4) is 5.75 Å². The van der Waals surface area contributed by atoms with Gasteiger partial charge in [-0.25, -0.2) is 0 Å². The van der Waals surface area contributed by atoms with Crippen molar-refractivity contribution in [2.75, 3.05) is 7.11 Å². The summed E-state index contributed by atoms with van der Waals surface area (Å²) >= 11 is 0. The first-order valence-corrected chi connectivity index (χ1v) is 11.2. The molecule has 0 aliphatic carbocycles. The molecule has 2 aromatic rings. The largest absolute Gasteiger partial charge is 0.497 e. The number of nitrogens with one attached hydrogen (secondary N) is 1. The lowest BCUT2D eigenvalue weighted by Gasteiger charge is -2.31. The summed E-state index contributed by atoms with van der Waals surface area (Å²) in [5.41, 5.74) is 3.30. The van der Waals surface area contributed by atoms with Crippen molar-refractivity contribution in [2.45, 2.75) is 72.0 Å². The Bertz CT molecular complexity index is 831. The molecule has 168 valence electrons. The first kappa shape index (κ1) is 24.4. The van der Waals surface area contributed by atoms with Gasteiger partial charge in [0.25, 0.3) is 0 Å². The average Bonchev–Trinajstić information content (AvgIpc) is 2.78. The fraction of sp³-hybridized carbons (Fsp3) is 0.462.